The maximum absolute atomic E-state index is 13.5. The Morgan fingerprint density at radius 1 is 1.09 bits per heavy atom. The van der Waals surface area contributed by atoms with Crippen molar-refractivity contribution >= 4 is 16.9 Å². The average molecular weight is 303 g/mol. The predicted molar refractivity (Wildman–Crippen MR) is 76.4 cm³/mol. The predicted octanol–water partition coefficient (Wildman–Crippen LogP) is 2.06. The number of H-pyrrole nitrogens is 2. The van der Waals surface area contributed by atoms with E-state index in [4.69, 9.17) is 0 Å². The van der Waals surface area contributed by atoms with Gasteiger partial charge in [0.25, 0.3) is 5.91 Å². The highest BCUT2D eigenvalue weighted by atomic mass is 19.2. The van der Waals surface area contributed by atoms with Crippen LogP contribution in [0.25, 0.3) is 11.0 Å². The number of nitrogens with one attached hydrogen (secondary N) is 3. The Labute approximate surface area is 123 Å². The fourth-order valence-corrected chi connectivity index (χ4v) is 2.15. The van der Waals surface area contributed by atoms with Crippen LogP contribution in [0.2, 0.25) is 0 Å². The van der Waals surface area contributed by atoms with Gasteiger partial charge in [-0.05, 0) is 29.8 Å². The number of amides is 1. The lowest BCUT2D eigenvalue weighted by molar-refractivity contribution is 0.0946. The molecular formula is C15H11F2N3O2. The first-order valence-electron chi connectivity index (χ1n) is 6.48. The molecule has 0 atom stereocenters. The van der Waals surface area contributed by atoms with Crippen molar-refractivity contribution in [1.29, 1.82) is 0 Å². The number of carbonyl (C=O) groups excluding carboxylic acids is 1. The molecule has 0 radical (unpaired) electrons. The number of carbonyl (C=O) groups is 1. The van der Waals surface area contributed by atoms with Gasteiger partial charge >= 0.3 is 5.69 Å². The van der Waals surface area contributed by atoms with Crippen LogP contribution in [0.1, 0.15) is 15.9 Å². The molecule has 112 valence electrons. The quantitative estimate of drug-likeness (QED) is 0.692. The monoisotopic (exact) mass is 303 g/mol. The van der Waals surface area contributed by atoms with Crippen LogP contribution in [-0.2, 0) is 6.54 Å². The van der Waals surface area contributed by atoms with Crippen LogP contribution in [0, 0.1) is 11.6 Å². The van der Waals surface area contributed by atoms with Gasteiger partial charge in [-0.3, -0.25) is 4.79 Å². The molecule has 7 heteroatoms. The van der Waals surface area contributed by atoms with Crippen molar-refractivity contribution in [3.63, 3.8) is 0 Å². The normalized spacial score (nSPS) is 10.8. The molecule has 0 saturated heterocycles. The molecular weight excluding hydrogens is 292 g/mol. The maximum Gasteiger partial charge on any atom is 0.323 e. The average Bonchev–Trinajstić information content (AvgIpc) is 2.87. The molecule has 22 heavy (non-hydrogen) atoms. The van der Waals surface area contributed by atoms with Crippen molar-refractivity contribution in [2.24, 2.45) is 0 Å². The van der Waals surface area contributed by atoms with Gasteiger partial charge in [0.15, 0.2) is 11.6 Å². The van der Waals surface area contributed by atoms with Gasteiger partial charge in [0.05, 0.1) is 16.6 Å². The van der Waals surface area contributed by atoms with Gasteiger partial charge in [0.2, 0.25) is 0 Å². The van der Waals surface area contributed by atoms with Crippen molar-refractivity contribution in [3.8, 4) is 0 Å². The van der Waals surface area contributed by atoms with E-state index in [1.54, 1.807) is 18.2 Å². The van der Waals surface area contributed by atoms with Crippen LogP contribution in [0.15, 0.2) is 41.2 Å². The Morgan fingerprint density at radius 2 is 1.86 bits per heavy atom. The number of hydrogen-bond donors (Lipinski definition) is 3. The SMILES string of the molecule is O=C(NCc1ccc2[nH]c(=O)[nH]c2c1)c1cccc(F)c1F. The molecule has 1 amide bonds. The minimum Gasteiger partial charge on any atom is -0.348 e. The molecule has 0 saturated carbocycles. The molecule has 1 aromatic heterocycles. The molecule has 5 nitrogen and oxygen atoms in total. The van der Waals surface area contributed by atoms with Crippen LogP contribution in [0.3, 0.4) is 0 Å². The summed E-state index contributed by atoms with van der Waals surface area (Å²) in [6, 6.07) is 8.52. The van der Waals surface area contributed by atoms with Crippen LogP contribution in [-0.4, -0.2) is 15.9 Å². The van der Waals surface area contributed by atoms with Gasteiger partial charge in [-0.25, -0.2) is 13.6 Å². The summed E-state index contributed by atoms with van der Waals surface area (Å²) in [7, 11) is 0. The van der Waals surface area contributed by atoms with Gasteiger partial charge in [0, 0.05) is 6.54 Å². The number of fused-ring (bicyclic) bond motifs is 1. The van der Waals surface area contributed by atoms with E-state index in [0.29, 0.717) is 16.6 Å². The third-order valence-corrected chi connectivity index (χ3v) is 3.23. The molecule has 3 N–H and O–H groups in total. The highest BCUT2D eigenvalue weighted by Crippen LogP contribution is 2.13. The molecule has 0 spiro atoms. The summed E-state index contributed by atoms with van der Waals surface area (Å²) in [6.07, 6.45) is 0. The Kier molecular flexibility index (Phi) is 3.46. The van der Waals surface area contributed by atoms with Gasteiger partial charge in [-0.1, -0.05) is 12.1 Å². The number of aromatic nitrogens is 2. The highest BCUT2D eigenvalue weighted by molar-refractivity contribution is 5.94. The van der Waals surface area contributed by atoms with Gasteiger partial charge in [-0.2, -0.15) is 0 Å². The lowest BCUT2D eigenvalue weighted by atomic mass is 10.1. The van der Waals surface area contributed by atoms with Crippen molar-refractivity contribution in [2.75, 3.05) is 0 Å². The van der Waals surface area contributed by atoms with Crippen molar-refractivity contribution < 1.29 is 13.6 Å². The second kappa shape index (κ2) is 5.44. The zero-order valence-corrected chi connectivity index (χ0v) is 11.2. The van der Waals surface area contributed by atoms with Gasteiger partial charge in [0.1, 0.15) is 0 Å². The zero-order valence-electron chi connectivity index (χ0n) is 11.2. The molecule has 0 fully saturated rings. The van der Waals surface area contributed by atoms with Gasteiger partial charge in [-0.15, -0.1) is 0 Å². The standard InChI is InChI=1S/C15H11F2N3O2/c16-10-3-1-2-9(13(10)17)14(21)18-7-8-4-5-11-12(6-8)20-15(22)19-11/h1-6H,7H2,(H,18,21)(H2,19,20,22). The third kappa shape index (κ3) is 2.60. The fourth-order valence-electron chi connectivity index (χ4n) is 2.15. The first-order chi connectivity index (χ1) is 10.5. The number of rotatable bonds is 3. The molecule has 0 aliphatic heterocycles. The van der Waals surface area contributed by atoms with Gasteiger partial charge < -0.3 is 15.3 Å². The van der Waals surface area contributed by atoms with E-state index >= 15 is 0 Å². The molecule has 0 bridgehead atoms. The largest absolute Gasteiger partial charge is 0.348 e. The molecule has 2 aromatic carbocycles. The maximum atomic E-state index is 13.5. The van der Waals surface area contributed by atoms with Crippen LogP contribution in [0.5, 0.6) is 0 Å². The van der Waals surface area contributed by atoms with E-state index in [0.717, 1.165) is 6.07 Å². The first kappa shape index (κ1) is 14.0. The van der Waals surface area contributed by atoms with Crippen molar-refractivity contribution in [2.45, 2.75) is 6.54 Å². The summed E-state index contributed by atoms with van der Waals surface area (Å²) in [5.74, 6) is -2.95. The lowest BCUT2D eigenvalue weighted by Gasteiger charge is -2.06. The van der Waals surface area contributed by atoms with Crippen molar-refractivity contribution in [1.82, 2.24) is 15.3 Å². The molecule has 0 aliphatic rings. The Morgan fingerprint density at radius 3 is 2.68 bits per heavy atom. The minimum atomic E-state index is -1.18. The number of hydrogen-bond acceptors (Lipinski definition) is 2. The zero-order chi connectivity index (χ0) is 15.7. The van der Waals surface area contributed by atoms with Crippen LogP contribution in [0.4, 0.5) is 8.78 Å². The summed E-state index contributed by atoms with van der Waals surface area (Å²) >= 11 is 0. The first-order valence-corrected chi connectivity index (χ1v) is 6.48. The van der Waals surface area contributed by atoms with E-state index in [9.17, 15) is 18.4 Å². The van der Waals surface area contributed by atoms with E-state index in [1.165, 1.54) is 12.1 Å². The summed E-state index contributed by atoms with van der Waals surface area (Å²) in [4.78, 5) is 28.2. The van der Waals surface area contributed by atoms with Crippen LogP contribution < -0.4 is 11.0 Å². The second-order valence-electron chi connectivity index (χ2n) is 4.74. The van der Waals surface area contributed by atoms with E-state index in [2.05, 4.69) is 15.3 Å². The molecule has 3 rings (SSSR count). The summed E-state index contributed by atoms with van der Waals surface area (Å²) < 4.78 is 26.6. The van der Waals surface area contributed by atoms with E-state index < -0.39 is 17.5 Å². The highest BCUT2D eigenvalue weighted by Gasteiger charge is 2.14. The third-order valence-electron chi connectivity index (χ3n) is 3.23. The molecule has 3 aromatic rings. The van der Waals surface area contributed by atoms with Crippen molar-refractivity contribution in [3.05, 3.63) is 69.6 Å². The number of halogens is 2. The van der Waals surface area contributed by atoms with E-state index in [1.807, 2.05) is 0 Å². The number of benzene rings is 2. The summed E-state index contributed by atoms with van der Waals surface area (Å²) in [5.41, 5.74) is 1.30. The Balaban J connectivity index is 1.77. The number of aromatic amines is 2. The molecule has 1 heterocycles. The second-order valence-corrected chi connectivity index (χ2v) is 4.74. The Hall–Kier alpha value is -2.96. The Bertz CT molecular complexity index is 915. The topological polar surface area (TPSA) is 77.8 Å². The smallest absolute Gasteiger partial charge is 0.323 e. The summed E-state index contributed by atoms with van der Waals surface area (Å²) in [6.45, 7) is 0.123. The van der Waals surface area contributed by atoms with Crippen LogP contribution >= 0.6 is 0 Å². The number of imidazole rings is 1. The minimum absolute atomic E-state index is 0.123. The molecule has 0 unspecified atom stereocenters. The molecule has 0 aliphatic carbocycles. The fraction of sp³-hybridized carbons (Fsp3) is 0.0667. The van der Waals surface area contributed by atoms with E-state index in [-0.39, 0.29) is 17.8 Å². The lowest BCUT2D eigenvalue weighted by Crippen LogP contribution is -2.24. The summed E-state index contributed by atoms with van der Waals surface area (Å²) in [5, 5.41) is 2.51.